The largest absolute Gasteiger partial charge is 0.481 e. The summed E-state index contributed by atoms with van der Waals surface area (Å²) < 4.78 is 5.44. The van der Waals surface area contributed by atoms with Crippen LogP contribution in [0.15, 0.2) is 60.8 Å². The topological polar surface area (TPSA) is 121 Å². The molecular weight excluding hydrogens is 472 g/mol. The number of nitrogens with zero attached hydrogens (tertiary/aromatic N) is 2. The number of aliphatic carboxylic acids is 1. The van der Waals surface area contributed by atoms with E-state index < -0.39 is 29.6 Å². The van der Waals surface area contributed by atoms with E-state index in [9.17, 15) is 19.5 Å². The van der Waals surface area contributed by atoms with Gasteiger partial charge in [-0.3, -0.25) is 9.78 Å². The van der Waals surface area contributed by atoms with Crippen molar-refractivity contribution in [1.82, 2.24) is 9.88 Å². The number of nitrogens with one attached hydrogen (secondary N) is 2. The lowest BCUT2D eigenvalue weighted by Crippen LogP contribution is -2.36. The molecule has 37 heavy (non-hydrogen) atoms. The number of ether oxygens (including phenoxy) is 1. The molecule has 0 radical (unpaired) electrons. The Morgan fingerprint density at radius 1 is 1.11 bits per heavy atom. The van der Waals surface area contributed by atoms with E-state index >= 15 is 0 Å². The van der Waals surface area contributed by atoms with Crippen molar-refractivity contribution in [3.05, 3.63) is 66.4 Å². The Morgan fingerprint density at radius 3 is 2.62 bits per heavy atom. The van der Waals surface area contributed by atoms with Crippen molar-refractivity contribution in [1.29, 1.82) is 0 Å². The number of urea groups is 1. The second-order valence-corrected chi connectivity index (χ2v) is 10.3. The highest BCUT2D eigenvalue weighted by Crippen LogP contribution is 2.29. The summed E-state index contributed by atoms with van der Waals surface area (Å²) in [6.07, 6.45) is 2.13. The van der Waals surface area contributed by atoms with E-state index in [0.717, 1.165) is 10.9 Å². The van der Waals surface area contributed by atoms with E-state index in [1.54, 1.807) is 56.1 Å². The van der Waals surface area contributed by atoms with Crippen LogP contribution in [0.1, 0.15) is 32.8 Å². The number of benzene rings is 2. The predicted octanol–water partition coefficient (Wildman–Crippen LogP) is 5.38. The van der Waals surface area contributed by atoms with E-state index in [-0.39, 0.29) is 12.3 Å². The third-order valence-corrected chi connectivity index (χ3v) is 6.28. The number of hydrogen-bond donors (Lipinski definition) is 3. The van der Waals surface area contributed by atoms with Gasteiger partial charge in [-0.15, -0.1) is 0 Å². The Hall–Kier alpha value is -4.14. The smallest absolute Gasteiger partial charge is 0.410 e. The van der Waals surface area contributed by atoms with Gasteiger partial charge in [-0.2, -0.15) is 0 Å². The molecule has 1 aliphatic heterocycles. The van der Waals surface area contributed by atoms with Crippen molar-refractivity contribution in [3.63, 3.8) is 0 Å². The Bertz CT molecular complexity index is 1300. The first-order valence-corrected chi connectivity index (χ1v) is 12.3. The first kappa shape index (κ1) is 25.9. The fraction of sp³-hybridized carbons (Fsp3) is 0.357. The van der Waals surface area contributed by atoms with Crippen molar-refractivity contribution in [3.8, 4) is 0 Å². The van der Waals surface area contributed by atoms with Gasteiger partial charge in [0, 0.05) is 30.4 Å². The summed E-state index contributed by atoms with van der Waals surface area (Å²) >= 11 is 0. The van der Waals surface area contributed by atoms with Crippen molar-refractivity contribution in [2.75, 3.05) is 23.7 Å². The fourth-order valence-electron chi connectivity index (χ4n) is 4.58. The number of likely N-dealkylation sites (tertiary alicyclic amines) is 1. The van der Waals surface area contributed by atoms with Gasteiger partial charge in [-0.25, -0.2) is 9.59 Å². The van der Waals surface area contributed by atoms with Crippen LogP contribution in [0.25, 0.3) is 10.9 Å². The number of hydrogen-bond acceptors (Lipinski definition) is 5. The lowest BCUT2D eigenvalue weighted by molar-refractivity contribution is -0.143. The number of para-hydroxylation sites is 1. The van der Waals surface area contributed by atoms with E-state index in [4.69, 9.17) is 4.74 Å². The average Bonchev–Trinajstić information content (AvgIpc) is 3.32. The number of pyridine rings is 1. The molecule has 1 aromatic heterocycles. The average molecular weight is 505 g/mol. The third-order valence-electron chi connectivity index (χ3n) is 6.28. The van der Waals surface area contributed by atoms with E-state index in [1.165, 1.54) is 0 Å². The third kappa shape index (κ3) is 6.75. The molecule has 0 unspecified atom stereocenters. The summed E-state index contributed by atoms with van der Waals surface area (Å²) in [4.78, 5) is 43.2. The highest BCUT2D eigenvalue weighted by molar-refractivity contribution is 6.05. The molecule has 0 saturated carbocycles. The van der Waals surface area contributed by atoms with Gasteiger partial charge in [0.05, 0.1) is 17.1 Å². The summed E-state index contributed by atoms with van der Waals surface area (Å²) in [6, 6.07) is 16.0. The second-order valence-electron chi connectivity index (χ2n) is 10.3. The van der Waals surface area contributed by atoms with Crippen LogP contribution in [-0.2, 0) is 16.0 Å². The van der Waals surface area contributed by atoms with Crippen LogP contribution < -0.4 is 10.6 Å². The quantitative estimate of drug-likeness (QED) is 0.415. The minimum absolute atomic E-state index is 0.191. The van der Waals surface area contributed by atoms with Crippen LogP contribution in [0.3, 0.4) is 0 Å². The minimum Gasteiger partial charge on any atom is -0.481 e. The van der Waals surface area contributed by atoms with Crippen LogP contribution in [0.4, 0.5) is 21.0 Å². The molecule has 3 amide bonds. The molecule has 3 aromatic rings. The zero-order valence-corrected chi connectivity index (χ0v) is 21.2. The van der Waals surface area contributed by atoms with Crippen LogP contribution in [0, 0.1) is 11.8 Å². The Labute approximate surface area is 215 Å². The number of rotatable bonds is 6. The van der Waals surface area contributed by atoms with E-state index in [0.29, 0.717) is 36.4 Å². The molecule has 194 valence electrons. The zero-order chi connectivity index (χ0) is 26.6. The van der Waals surface area contributed by atoms with Gasteiger partial charge < -0.3 is 25.4 Å². The zero-order valence-electron chi connectivity index (χ0n) is 21.2. The normalized spacial score (nSPS) is 16.3. The highest BCUT2D eigenvalue weighted by Gasteiger charge is 2.37. The fourth-order valence-corrected chi connectivity index (χ4v) is 4.58. The van der Waals surface area contributed by atoms with Crippen molar-refractivity contribution in [2.24, 2.45) is 11.8 Å². The SMILES string of the molecule is CC(C)(C)OC(=O)N1CC[C@H]([C@H](Cc2cccc(NC(=O)Nc3cccc4cccnc34)c2)C(=O)O)C1. The van der Waals surface area contributed by atoms with Gasteiger partial charge >= 0.3 is 18.1 Å². The van der Waals surface area contributed by atoms with Gasteiger partial charge in [-0.1, -0.05) is 30.3 Å². The number of carbonyl (C=O) groups excluding carboxylic acids is 2. The first-order chi connectivity index (χ1) is 17.6. The number of carboxylic acids is 1. The molecule has 2 aromatic carbocycles. The number of anilines is 2. The van der Waals surface area contributed by atoms with E-state index in [2.05, 4.69) is 15.6 Å². The second kappa shape index (κ2) is 10.9. The van der Waals surface area contributed by atoms with Crippen molar-refractivity contribution in [2.45, 2.75) is 39.2 Å². The van der Waals surface area contributed by atoms with Crippen molar-refractivity contribution < 1.29 is 24.2 Å². The maximum atomic E-state index is 12.7. The van der Waals surface area contributed by atoms with Gasteiger partial charge in [0.1, 0.15) is 5.60 Å². The Kier molecular flexibility index (Phi) is 7.61. The molecule has 1 saturated heterocycles. The summed E-state index contributed by atoms with van der Waals surface area (Å²) in [5.74, 6) is -1.77. The van der Waals surface area contributed by atoms with Crippen molar-refractivity contribution >= 4 is 40.4 Å². The predicted molar refractivity (Wildman–Crippen MR) is 142 cm³/mol. The molecule has 1 aliphatic rings. The lowest BCUT2D eigenvalue weighted by atomic mass is 9.86. The molecule has 9 heteroatoms. The molecule has 2 heterocycles. The first-order valence-electron chi connectivity index (χ1n) is 12.3. The minimum atomic E-state index is -0.907. The molecule has 1 fully saturated rings. The molecule has 3 N–H and O–H groups in total. The Balaban J connectivity index is 1.40. The van der Waals surface area contributed by atoms with Gasteiger partial charge in [0.2, 0.25) is 0 Å². The summed E-state index contributed by atoms with van der Waals surface area (Å²) in [6.45, 7) is 6.22. The number of carbonyl (C=O) groups is 3. The van der Waals surface area contributed by atoms with E-state index in [1.807, 2.05) is 30.3 Å². The standard InChI is InChI=1S/C28H32N4O5/c1-28(2,3)37-27(36)32-14-12-20(17-32)22(25(33)34)16-18-7-4-10-21(15-18)30-26(35)31-23-11-5-8-19-9-6-13-29-24(19)23/h4-11,13,15,20,22H,12,14,16-17H2,1-3H3,(H,33,34)(H2,30,31,35)/t20-,22-/m0/s1. The molecule has 4 rings (SSSR count). The maximum absolute atomic E-state index is 12.7. The summed E-state index contributed by atoms with van der Waals surface area (Å²) in [5, 5.41) is 16.5. The highest BCUT2D eigenvalue weighted by atomic mass is 16.6. The van der Waals surface area contributed by atoms with Crippen LogP contribution >= 0.6 is 0 Å². The molecule has 9 nitrogen and oxygen atoms in total. The molecule has 0 aliphatic carbocycles. The van der Waals surface area contributed by atoms with Gasteiger partial charge in [0.25, 0.3) is 0 Å². The number of amides is 3. The summed E-state index contributed by atoms with van der Waals surface area (Å²) in [7, 11) is 0. The van der Waals surface area contributed by atoms with Crippen LogP contribution in [0.5, 0.6) is 0 Å². The summed E-state index contributed by atoms with van der Waals surface area (Å²) in [5.41, 5.74) is 2.01. The molecular formula is C28H32N4O5. The molecule has 0 spiro atoms. The van der Waals surface area contributed by atoms with Crippen LogP contribution in [-0.4, -0.2) is 51.8 Å². The van der Waals surface area contributed by atoms with Gasteiger partial charge in [0.15, 0.2) is 0 Å². The molecule has 0 bridgehead atoms. The number of carboxylic acid groups (broad SMARTS) is 1. The lowest BCUT2D eigenvalue weighted by Gasteiger charge is -2.25. The number of aromatic nitrogens is 1. The van der Waals surface area contributed by atoms with Gasteiger partial charge in [-0.05, 0) is 69.4 Å². The molecule has 2 atom stereocenters. The monoisotopic (exact) mass is 504 g/mol. The van der Waals surface area contributed by atoms with Crippen LogP contribution in [0.2, 0.25) is 0 Å². The maximum Gasteiger partial charge on any atom is 0.410 e. The number of fused-ring (bicyclic) bond motifs is 1. The Morgan fingerprint density at radius 2 is 1.86 bits per heavy atom.